The maximum atomic E-state index is 12.3. The Balaban J connectivity index is 1.83. The van der Waals surface area contributed by atoms with E-state index in [1.807, 2.05) is 41.3 Å². The fourth-order valence-corrected chi connectivity index (χ4v) is 2.94. The summed E-state index contributed by atoms with van der Waals surface area (Å²) in [7, 11) is 0. The van der Waals surface area contributed by atoms with Crippen molar-refractivity contribution in [2.75, 3.05) is 6.54 Å². The molecule has 1 aliphatic rings. The normalized spacial score (nSPS) is 19.3. The molecule has 0 radical (unpaired) electrons. The SMILES string of the molecule is CC1CCCCN1C(=O)/C=C/c1cccc2cccnc12. The largest absolute Gasteiger partial charge is 0.336 e. The average Bonchev–Trinajstić information content (AvgIpc) is 2.53. The van der Waals surface area contributed by atoms with Gasteiger partial charge < -0.3 is 4.90 Å². The number of para-hydroxylation sites is 1. The van der Waals surface area contributed by atoms with Crippen molar-refractivity contribution >= 4 is 22.9 Å². The number of hydrogen-bond donors (Lipinski definition) is 0. The summed E-state index contributed by atoms with van der Waals surface area (Å²) in [4.78, 5) is 18.7. The quantitative estimate of drug-likeness (QED) is 0.787. The lowest BCUT2D eigenvalue weighted by Gasteiger charge is -2.32. The summed E-state index contributed by atoms with van der Waals surface area (Å²) < 4.78 is 0. The van der Waals surface area contributed by atoms with Gasteiger partial charge in [-0.25, -0.2) is 0 Å². The zero-order chi connectivity index (χ0) is 14.7. The monoisotopic (exact) mass is 280 g/mol. The second kappa shape index (κ2) is 6.08. The molecule has 0 saturated carbocycles. The van der Waals surface area contributed by atoms with Crippen LogP contribution in [0.3, 0.4) is 0 Å². The number of carbonyl (C=O) groups excluding carboxylic acids is 1. The van der Waals surface area contributed by atoms with Gasteiger partial charge in [-0.05, 0) is 38.3 Å². The Morgan fingerprint density at radius 3 is 3.00 bits per heavy atom. The number of pyridine rings is 1. The molecular weight excluding hydrogens is 260 g/mol. The Hall–Kier alpha value is -2.16. The Kier molecular flexibility index (Phi) is 4.00. The standard InChI is InChI=1S/C18H20N2O/c1-14-6-2-3-13-20(14)17(21)11-10-16-8-4-7-15-9-5-12-19-18(15)16/h4-5,7-12,14H,2-3,6,13H2,1H3/b11-10+. The lowest BCUT2D eigenvalue weighted by molar-refractivity contribution is -0.129. The Bertz CT molecular complexity index is 672. The molecule has 1 amide bonds. The van der Waals surface area contributed by atoms with E-state index in [-0.39, 0.29) is 5.91 Å². The highest BCUT2D eigenvalue weighted by atomic mass is 16.2. The number of piperidine rings is 1. The molecule has 1 aromatic carbocycles. The summed E-state index contributed by atoms with van der Waals surface area (Å²) in [6.45, 7) is 3.00. The fourth-order valence-electron chi connectivity index (χ4n) is 2.94. The van der Waals surface area contributed by atoms with Gasteiger partial charge in [0.15, 0.2) is 0 Å². The first-order chi connectivity index (χ1) is 10.3. The van der Waals surface area contributed by atoms with Crippen LogP contribution in [0.2, 0.25) is 0 Å². The van der Waals surface area contributed by atoms with E-state index in [9.17, 15) is 4.79 Å². The average molecular weight is 280 g/mol. The molecule has 108 valence electrons. The van der Waals surface area contributed by atoms with Gasteiger partial charge in [0.05, 0.1) is 5.52 Å². The molecule has 0 spiro atoms. The van der Waals surface area contributed by atoms with Crippen molar-refractivity contribution in [2.45, 2.75) is 32.2 Å². The molecule has 1 aliphatic heterocycles. The molecule has 1 fully saturated rings. The van der Waals surface area contributed by atoms with Gasteiger partial charge in [-0.1, -0.05) is 24.3 Å². The maximum absolute atomic E-state index is 12.3. The van der Waals surface area contributed by atoms with Gasteiger partial charge in [-0.3, -0.25) is 9.78 Å². The van der Waals surface area contributed by atoms with E-state index < -0.39 is 0 Å². The van der Waals surface area contributed by atoms with Crippen LogP contribution in [-0.2, 0) is 4.79 Å². The highest BCUT2D eigenvalue weighted by Crippen LogP contribution is 2.19. The van der Waals surface area contributed by atoms with E-state index in [1.54, 1.807) is 12.3 Å². The molecule has 0 aliphatic carbocycles. The van der Waals surface area contributed by atoms with Crippen molar-refractivity contribution < 1.29 is 4.79 Å². The number of carbonyl (C=O) groups is 1. The number of nitrogens with zero attached hydrogens (tertiary/aromatic N) is 2. The van der Waals surface area contributed by atoms with E-state index in [1.165, 1.54) is 6.42 Å². The molecule has 2 heterocycles. The van der Waals surface area contributed by atoms with E-state index >= 15 is 0 Å². The van der Waals surface area contributed by atoms with Gasteiger partial charge in [0.25, 0.3) is 0 Å². The number of rotatable bonds is 2. The Morgan fingerprint density at radius 2 is 2.14 bits per heavy atom. The smallest absolute Gasteiger partial charge is 0.246 e. The predicted octanol–water partition coefficient (Wildman–Crippen LogP) is 3.65. The third-order valence-electron chi connectivity index (χ3n) is 4.16. The van der Waals surface area contributed by atoms with E-state index in [2.05, 4.69) is 11.9 Å². The number of benzene rings is 1. The van der Waals surface area contributed by atoms with E-state index in [0.717, 1.165) is 35.9 Å². The number of hydrogen-bond acceptors (Lipinski definition) is 2. The van der Waals surface area contributed by atoms with Gasteiger partial charge in [0.1, 0.15) is 0 Å². The molecule has 0 bridgehead atoms. The van der Waals surface area contributed by atoms with Crippen LogP contribution >= 0.6 is 0 Å². The molecule has 1 saturated heterocycles. The number of fused-ring (bicyclic) bond motifs is 1. The second-order valence-corrected chi connectivity index (χ2v) is 5.63. The van der Waals surface area contributed by atoms with Gasteiger partial charge >= 0.3 is 0 Å². The summed E-state index contributed by atoms with van der Waals surface area (Å²) in [5.74, 6) is 0.107. The molecule has 3 heteroatoms. The molecule has 1 unspecified atom stereocenters. The zero-order valence-corrected chi connectivity index (χ0v) is 12.3. The Morgan fingerprint density at radius 1 is 1.29 bits per heavy atom. The third-order valence-corrected chi connectivity index (χ3v) is 4.16. The highest BCUT2D eigenvalue weighted by molar-refractivity contribution is 5.95. The Labute approximate surface area is 125 Å². The van der Waals surface area contributed by atoms with Crippen LogP contribution in [0.15, 0.2) is 42.6 Å². The molecule has 3 nitrogen and oxygen atoms in total. The van der Waals surface area contributed by atoms with Gasteiger partial charge in [0, 0.05) is 35.8 Å². The van der Waals surface area contributed by atoms with Crippen LogP contribution in [0, 0.1) is 0 Å². The molecule has 1 atom stereocenters. The minimum absolute atomic E-state index is 0.107. The first-order valence-electron chi connectivity index (χ1n) is 7.58. The van der Waals surface area contributed by atoms with Crippen molar-refractivity contribution in [3.8, 4) is 0 Å². The molecule has 0 N–H and O–H groups in total. The van der Waals surface area contributed by atoms with Crippen molar-refractivity contribution in [1.29, 1.82) is 0 Å². The summed E-state index contributed by atoms with van der Waals surface area (Å²) >= 11 is 0. The lowest BCUT2D eigenvalue weighted by Crippen LogP contribution is -2.41. The minimum atomic E-state index is 0.107. The lowest BCUT2D eigenvalue weighted by atomic mass is 10.0. The topological polar surface area (TPSA) is 33.2 Å². The summed E-state index contributed by atoms with van der Waals surface area (Å²) in [6.07, 6.45) is 8.80. The van der Waals surface area contributed by atoms with Crippen LogP contribution < -0.4 is 0 Å². The summed E-state index contributed by atoms with van der Waals surface area (Å²) in [6, 6.07) is 10.3. The maximum Gasteiger partial charge on any atom is 0.246 e. The van der Waals surface area contributed by atoms with Crippen molar-refractivity contribution in [3.05, 3.63) is 48.2 Å². The molecule has 21 heavy (non-hydrogen) atoms. The van der Waals surface area contributed by atoms with Gasteiger partial charge in [0.2, 0.25) is 5.91 Å². The third kappa shape index (κ3) is 2.97. The second-order valence-electron chi connectivity index (χ2n) is 5.63. The van der Waals surface area contributed by atoms with E-state index in [4.69, 9.17) is 0 Å². The summed E-state index contributed by atoms with van der Waals surface area (Å²) in [5.41, 5.74) is 1.93. The number of amides is 1. The zero-order valence-electron chi connectivity index (χ0n) is 12.3. The first-order valence-corrected chi connectivity index (χ1v) is 7.58. The predicted molar refractivity (Wildman–Crippen MR) is 85.8 cm³/mol. The molecule has 3 rings (SSSR count). The van der Waals surface area contributed by atoms with Crippen molar-refractivity contribution in [3.63, 3.8) is 0 Å². The molecule has 2 aromatic rings. The van der Waals surface area contributed by atoms with Crippen LogP contribution in [0.25, 0.3) is 17.0 Å². The van der Waals surface area contributed by atoms with Crippen LogP contribution in [-0.4, -0.2) is 28.4 Å². The van der Waals surface area contributed by atoms with Crippen molar-refractivity contribution in [2.24, 2.45) is 0 Å². The minimum Gasteiger partial charge on any atom is -0.336 e. The van der Waals surface area contributed by atoms with Crippen LogP contribution in [0.4, 0.5) is 0 Å². The van der Waals surface area contributed by atoms with Gasteiger partial charge in [-0.15, -0.1) is 0 Å². The molecular formula is C18H20N2O. The fraction of sp³-hybridized carbons (Fsp3) is 0.333. The summed E-state index contributed by atoms with van der Waals surface area (Å²) in [5, 5.41) is 1.10. The first kappa shape index (κ1) is 13.8. The number of aromatic nitrogens is 1. The van der Waals surface area contributed by atoms with Crippen LogP contribution in [0.5, 0.6) is 0 Å². The van der Waals surface area contributed by atoms with Crippen LogP contribution in [0.1, 0.15) is 31.7 Å². The molecule has 1 aromatic heterocycles. The van der Waals surface area contributed by atoms with Crippen molar-refractivity contribution in [1.82, 2.24) is 9.88 Å². The van der Waals surface area contributed by atoms with Gasteiger partial charge in [-0.2, -0.15) is 0 Å². The van der Waals surface area contributed by atoms with E-state index in [0.29, 0.717) is 6.04 Å². The highest BCUT2D eigenvalue weighted by Gasteiger charge is 2.21. The number of likely N-dealkylation sites (tertiary alicyclic amines) is 1.